The van der Waals surface area contributed by atoms with Crippen LogP contribution in [-0.4, -0.2) is 33.8 Å². The van der Waals surface area contributed by atoms with Gasteiger partial charge in [0.15, 0.2) is 0 Å². The Morgan fingerprint density at radius 1 is 1.45 bits per heavy atom. The van der Waals surface area contributed by atoms with Gasteiger partial charge in [-0.1, -0.05) is 6.07 Å². The topological polar surface area (TPSA) is 62.3 Å². The molecule has 1 aromatic heterocycles. The minimum absolute atomic E-state index is 0.0374. The quantitative estimate of drug-likeness (QED) is 0.897. The van der Waals surface area contributed by atoms with Crippen molar-refractivity contribution in [1.29, 1.82) is 0 Å². The van der Waals surface area contributed by atoms with E-state index in [4.69, 9.17) is 0 Å². The molecule has 0 saturated carbocycles. The highest BCUT2D eigenvalue weighted by Crippen LogP contribution is 2.26. The second kappa shape index (κ2) is 5.23. The maximum atomic E-state index is 12.3. The smallest absolute Gasteiger partial charge is 0.230 e. The fourth-order valence-corrected chi connectivity index (χ4v) is 2.37. The van der Waals surface area contributed by atoms with Crippen LogP contribution in [0.1, 0.15) is 32.8 Å². The zero-order valence-electron chi connectivity index (χ0n) is 12.4. The molecule has 108 valence electrons. The number of aryl methyl sites for hydroxylation is 1. The number of carbonyl (C=O) groups excluding carboxylic acids is 2. The van der Waals surface area contributed by atoms with E-state index >= 15 is 0 Å². The van der Waals surface area contributed by atoms with Crippen molar-refractivity contribution in [3.63, 3.8) is 0 Å². The summed E-state index contributed by atoms with van der Waals surface area (Å²) < 4.78 is 0. The first-order valence-electron chi connectivity index (χ1n) is 6.82. The van der Waals surface area contributed by atoms with Gasteiger partial charge in [0.1, 0.15) is 5.82 Å². The molecule has 0 aliphatic carbocycles. The molecule has 1 fully saturated rings. The molecular formula is C15H21N3O2. The largest absolute Gasteiger partial charge is 0.337 e. The van der Waals surface area contributed by atoms with E-state index in [0.29, 0.717) is 12.4 Å². The number of nitrogens with zero attached hydrogens (tertiary/aromatic N) is 2. The molecule has 1 saturated heterocycles. The number of likely N-dealkylation sites (tertiary alicyclic amines) is 1. The lowest BCUT2D eigenvalue weighted by molar-refractivity contribution is -0.131. The highest BCUT2D eigenvalue weighted by molar-refractivity contribution is 5.97. The number of amides is 2. The van der Waals surface area contributed by atoms with Crippen molar-refractivity contribution in [2.45, 2.75) is 39.7 Å². The number of aromatic nitrogens is 1. The maximum Gasteiger partial charge on any atom is 0.230 e. The zero-order valence-corrected chi connectivity index (χ0v) is 12.4. The summed E-state index contributed by atoms with van der Waals surface area (Å²) in [6.45, 7) is 8.31. The molecule has 5 heteroatoms. The normalized spacial score (nSPS) is 19.3. The van der Waals surface area contributed by atoms with Crippen LogP contribution in [-0.2, 0) is 9.59 Å². The second-order valence-electron chi connectivity index (χ2n) is 6.23. The molecule has 5 nitrogen and oxygen atoms in total. The van der Waals surface area contributed by atoms with Gasteiger partial charge in [0, 0.05) is 24.7 Å². The Balaban J connectivity index is 2.05. The van der Waals surface area contributed by atoms with Crippen LogP contribution < -0.4 is 5.32 Å². The number of nitrogens with one attached hydrogen (secondary N) is 1. The summed E-state index contributed by atoms with van der Waals surface area (Å²) in [7, 11) is 0. The fourth-order valence-electron chi connectivity index (χ4n) is 2.37. The molecule has 0 spiro atoms. The van der Waals surface area contributed by atoms with E-state index in [-0.39, 0.29) is 29.7 Å². The zero-order chi connectivity index (χ0) is 14.9. The van der Waals surface area contributed by atoms with Crippen molar-refractivity contribution in [3.05, 3.63) is 23.9 Å². The number of hydrogen-bond donors (Lipinski definition) is 1. The van der Waals surface area contributed by atoms with Gasteiger partial charge in [0.2, 0.25) is 11.8 Å². The van der Waals surface area contributed by atoms with E-state index in [1.54, 1.807) is 11.1 Å². The van der Waals surface area contributed by atoms with Gasteiger partial charge in [0.05, 0.1) is 5.92 Å². The summed E-state index contributed by atoms with van der Waals surface area (Å²) in [6.07, 6.45) is 1.92. The molecule has 1 aromatic rings. The predicted molar refractivity (Wildman–Crippen MR) is 77.2 cm³/mol. The van der Waals surface area contributed by atoms with Gasteiger partial charge >= 0.3 is 0 Å². The average molecular weight is 275 g/mol. The first-order chi connectivity index (χ1) is 9.29. The summed E-state index contributed by atoms with van der Waals surface area (Å²) >= 11 is 0. The van der Waals surface area contributed by atoms with Crippen molar-refractivity contribution in [1.82, 2.24) is 9.88 Å². The molecule has 2 amide bonds. The monoisotopic (exact) mass is 275 g/mol. The van der Waals surface area contributed by atoms with E-state index in [2.05, 4.69) is 10.3 Å². The van der Waals surface area contributed by atoms with Gasteiger partial charge in [-0.2, -0.15) is 0 Å². The minimum Gasteiger partial charge on any atom is -0.337 e. The number of pyridine rings is 1. The van der Waals surface area contributed by atoms with Gasteiger partial charge in [-0.25, -0.2) is 4.98 Å². The first kappa shape index (κ1) is 14.5. The summed E-state index contributed by atoms with van der Waals surface area (Å²) in [5, 5.41) is 2.82. The van der Waals surface area contributed by atoms with E-state index in [9.17, 15) is 9.59 Å². The van der Waals surface area contributed by atoms with Gasteiger partial charge in [0.25, 0.3) is 0 Å². The van der Waals surface area contributed by atoms with E-state index in [1.807, 2.05) is 39.8 Å². The van der Waals surface area contributed by atoms with Crippen molar-refractivity contribution in [3.8, 4) is 0 Å². The number of rotatable bonds is 2. The van der Waals surface area contributed by atoms with Gasteiger partial charge in [-0.3, -0.25) is 9.59 Å². The van der Waals surface area contributed by atoms with Crippen LogP contribution in [0, 0.1) is 12.8 Å². The molecule has 1 atom stereocenters. The highest BCUT2D eigenvalue weighted by Gasteiger charge is 2.39. The third-order valence-electron chi connectivity index (χ3n) is 3.56. The van der Waals surface area contributed by atoms with Crippen molar-refractivity contribution < 1.29 is 9.59 Å². The van der Waals surface area contributed by atoms with Crippen LogP contribution in [0.25, 0.3) is 0 Å². The van der Waals surface area contributed by atoms with E-state index in [0.717, 1.165) is 5.56 Å². The Bertz CT molecular complexity index is 534. The Kier molecular flexibility index (Phi) is 3.79. The lowest BCUT2D eigenvalue weighted by Crippen LogP contribution is -2.42. The predicted octanol–water partition coefficient (Wildman–Crippen LogP) is 1.98. The Morgan fingerprint density at radius 2 is 2.15 bits per heavy atom. The molecule has 1 aliphatic rings. The molecule has 1 N–H and O–H groups in total. The van der Waals surface area contributed by atoms with Crippen LogP contribution >= 0.6 is 0 Å². The third kappa shape index (κ3) is 2.98. The summed E-state index contributed by atoms with van der Waals surface area (Å²) in [5.74, 6) is 0.171. The van der Waals surface area contributed by atoms with Gasteiger partial charge in [-0.15, -0.1) is 0 Å². The summed E-state index contributed by atoms with van der Waals surface area (Å²) in [4.78, 5) is 30.2. The molecule has 0 unspecified atom stereocenters. The Labute approximate surface area is 119 Å². The molecule has 20 heavy (non-hydrogen) atoms. The molecule has 1 aliphatic heterocycles. The summed E-state index contributed by atoms with van der Waals surface area (Å²) in [5.41, 5.74) is 0.672. The minimum atomic E-state index is -0.303. The van der Waals surface area contributed by atoms with Crippen molar-refractivity contribution in [2.75, 3.05) is 11.9 Å². The SMILES string of the molecule is Cc1cccnc1NC(=O)[C@H]1CC(=O)N(C(C)(C)C)C1. The van der Waals surface area contributed by atoms with Crippen LogP contribution in [0.5, 0.6) is 0 Å². The number of carbonyl (C=O) groups is 2. The molecular weight excluding hydrogens is 254 g/mol. The fraction of sp³-hybridized carbons (Fsp3) is 0.533. The molecule has 0 bridgehead atoms. The lowest BCUT2D eigenvalue weighted by Gasteiger charge is -2.31. The summed E-state index contributed by atoms with van der Waals surface area (Å²) in [6, 6.07) is 3.72. The second-order valence-corrected chi connectivity index (χ2v) is 6.23. The van der Waals surface area contributed by atoms with Crippen LogP contribution in [0.3, 0.4) is 0 Å². The van der Waals surface area contributed by atoms with Crippen molar-refractivity contribution in [2.24, 2.45) is 5.92 Å². The first-order valence-corrected chi connectivity index (χ1v) is 6.82. The van der Waals surface area contributed by atoms with Gasteiger partial charge < -0.3 is 10.2 Å². The van der Waals surface area contributed by atoms with E-state index in [1.165, 1.54) is 0 Å². The van der Waals surface area contributed by atoms with Crippen LogP contribution in [0.4, 0.5) is 5.82 Å². The number of hydrogen-bond acceptors (Lipinski definition) is 3. The van der Waals surface area contributed by atoms with E-state index < -0.39 is 0 Å². The molecule has 0 aromatic carbocycles. The number of anilines is 1. The van der Waals surface area contributed by atoms with Crippen molar-refractivity contribution >= 4 is 17.6 Å². The van der Waals surface area contributed by atoms with Crippen LogP contribution in [0.15, 0.2) is 18.3 Å². The Morgan fingerprint density at radius 3 is 2.70 bits per heavy atom. The lowest BCUT2D eigenvalue weighted by atomic mass is 10.1. The maximum absolute atomic E-state index is 12.3. The third-order valence-corrected chi connectivity index (χ3v) is 3.56. The molecule has 2 rings (SSSR count). The van der Waals surface area contributed by atoms with Crippen LogP contribution in [0.2, 0.25) is 0 Å². The molecule has 2 heterocycles. The van der Waals surface area contributed by atoms with Gasteiger partial charge in [-0.05, 0) is 39.3 Å². The Hall–Kier alpha value is -1.91. The standard InChI is InChI=1S/C15H21N3O2/c1-10-6-5-7-16-13(10)17-14(20)11-8-12(19)18(9-11)15(2,3)4/h5-7,11H,8-9H2,1-4H3,(H,16,17,20)/t11-/m0/s1. The highest BCUT2D eigenvalue weighted by atomic mass is 16.2. The molecule has 0 radical (unpaired) electrons. The average Bonchev–Trinajstić information content (AvgIpc) is 2.74.